The van der Waals surface area contributed by atoms with E-state index >= 15 is 0 Å². The number of carbonyl (C=O) groups excluding carboxylic acids is 1. The minimum absolute atomic E-state index is 0.152. The molecule has 0 radical (unpaired) electrons. The molecule has 0 aliphatic carbocycles. The second-order valence-corrected chi connectivity index (χ2v) is 7.90. The van der Waals surface area contributed by atoms with Gasteiger partial charge in [-0.3, -0.25) is 9.69 Å². The lowest BCUT2D eigenvalue weighted by molar-refractivity contribution is -0.605. The monoisotopic (exact) mass is 497 g/mol. The Bertz CT molecular complexity index is 1310. The van der Waals surface area contributed by atoms with Crippen molar-refractivity contribution in [3.05, 3.63) is 82.3 Å². The van der Waals surface area contributed by atoms with E-state index in [1.807, 2.05) is 0 Å². The van der Waals surface area contributed by atoms with Gasteiger partial charge in [-0.05, 0) is 55.8 Å². The van der Waals surface area contributed by atoms with Gasteiger partial charge >= 0.3 is 12.5 Å². The lowest BCUT2D eigenvalue weighted by atomic mass is 10.0. The van der Waals surface area contributed by atoms with Gasteiger partial charge in [0.1, 0.15) is 12.4 Å². The average molecular weight is 497 g/mol. The van der Waals surface area contributed by atoms with Gasteiger partial charge in [0.25, 0.3) is 5.91 Å². The molecule has 184 valence electrons. The molecule has 4 rings (SSSR count). The van der Waals surface area contributed by atoms with Crippen molar-refractivity contribution in [2.24, 2.45) is 0 Å². The summed E-state index contributed by atoms with van der Waals surface area (Å²) in [6, 6.07) is 7.63. The number of carbonyl (C=O) groups is 1. The number of pyridine rings is 1. The number of fused-ring (bicyclic) bond motifs is 1. The molecular weight excluding hydrogens is 480 g/mol. The Morgan fingerprint density at radius 1 is 0.886 bits per heavy atom. The van der Waals surface area contributed by atoms with Gasteiger partial charge < -0.3 is 14.8 Å². The fourth-order valence-electron chi connectivity index (χ4n) is 3.94. The molecule has 1 aromatic heterocycles. The van der Waals surface area contributed by atoms with Gasteiger partial charge in [-0.2, -0.15) is 17.9 Å². The molecule has 2 heterocycles. The van der Waals surface area contributed by atoms with E-state index in [2.05, 4.69) is 4.74 Å². The molecule has 0 unspecified atom stereocenters. The van der Waals surface area contributed by atoms with Crippen molar-refractivity contribution in [2.75, 3.05) is 16.5 Å². The highest BCUT2D eigenvalue weighted by molar-refractivity contribution is 6.13. The largest absolute Gasteiger partial charge is 0.619 e. The van der Waals surface area contributed by atoms with E-state index in [0.29, 0.717) is 27.2 Å². The van der Waals surface area contributed by atoms with Crippen LogP contribution in [0.4, 0.5) is 43.4 Å². The molecule has 0 saturated heterocycles. The minimum Gasteiger partial charge on any atom is -0.619 e. The van der Waals surface area contributed by atoms with Gasteiger partial charge in [-0.25, -0.2) is 0 Å². The second kappa shape index (κ2) is 8.36. The molecule has 12 heteroatoms. The molecule has 0 spiro atoms. The third kappa shape index (κ3) is 4.81. The lowest BCUT2D eigenvalue weighted by Gasteiger charge is -2.39. The standard InChI is InChI=1S/C23H17F6N3O3/c1-13-9-16(35-23(27,28)29)4-6-18(13)31-12-32(19-7-8-30(34)11-14(19)2)21(33)17-10-15(22(24,25)26)3-5-20(17)31/h3-11H,12H2,1-2H3. The van der Waals surface area contributed by atoms with Crippen LogP contribution in [0.5, 0.6) is 5.75 Å². The van der Waals surface area contributed by atoms with Crippen molar-refractivity contribution in [3.8, 4) is 5.75 Å². The molecule has 0 N–H and O–H groups in total. The quantitative estimate of drug-likeness (QED) is 0.268. The number of nitrogens with zero attached hydrogens (tertiary/aromatic N) is 3. The summed E-state index contributed by atoms with van der Waals surface area (Å²) in [6.45, 7) is 2.91. The van der Waals surface area contributed by atoms with Crippen molar-refractivity contribution in [1.29, 1.82) is 0 Å². The maximum absolute atomic E-state index is 13.4. The minimum atomic E-state index is -4.90. The van der Waals surface area contributed by atoms with E-state index in [-0.39, 0.29) is 17.9 Å². The summed E-state index contributed by atoms with van der Waals surface area (Å²) >= 11 is 0. The first kappa shape index (κ1) is 24.2. The van der Waals surface area contributed by atoms with Crippen LogP contribution >= 0.6 is 0 Å². The highest BCUT2D eigenvalue weighted by Gasteiger charge is 2.37. The number of ether oxygens (including phenoxy) is 1. The molecule has 3 aromatic rings. The highest BCUT2D eigenvalue weighted by Crippen LogP contribution is 2.41. The lowest BCUT2D eigenvalue weighted by Crippen LogP contribution is -2.46. The summed E-state index contributed by atoms with van der Waals surface area (Å²) in [6.07, 6.45) is -7.24. The molecule has 2 aromatic carbocycles. The van der Waals surface area contributed by atoms with E-state index < -0.39 is 29.8 Å². The van der Waals surface area contributed by atoms with Crippen LogP contribution in [0.3, 0.4) is 0 Å². The normalized spacial score (nSPS) is 14.2. The number of amides is 1. The number of aromatic nitrogens is 1. The zero-order valence-electron chi connectivity index (χ0n) is 18.2. The van der Waals surface area contributed by atoms with Crippen molar-refractivity contribution in [1.82, 2.24) is 0 Å². The Labute approximate surface area is 195 Å². The Morgan fingerprint density at radius 3 is 2.14 bits per heavy atom. The van der Waals surface area contributed by atoms with Crippen LogP contribution in [0.2, 0.25) is 0 Å². The third-order valence-corrected chi connectivity index (χ3v) is 5.46. The number of aryl methyl sites for hydroxylation is 2. The molecule has 0 saturated carbocycles. The molecule has 35 heavy (non-hydrogen) atoms. The first-order valence-electron chi connectivity index (χ1n) is 10.1. The van der Waals surface area contributed by atoms with Gasteiger partial charge in [0.15, 0.2) is 12.4 Å². The van der Waals surface area contributed by atoms with Crippen molar-refractivity contribution >= 4 is 23.0 Å². The molecular formula is C23H17F6N3O3. The third-order valence-electron chi connectivity index (χ3n) is 5.46. The number of hydrogen-bond acceptors (Lipinski definition) is 4. The Morgan fingerprint density at radius 2 is 1.54 bits per heavy atom. The molecule has 6 nitrogen and oxygen atoms in total. The number of hydrogen-bond donors (Lipinski definition) is 0. The molecule has 1 amide bonds. The topological polar surface area (TPSA) is 59.7 Å². The summed E-state index contributed by atoms with van der Waals surface area (Å²) in [5.41, 5.74) is 0.249. The van der Waals surface area contributed by atoms with Crippen molar-refractivity contribution in [2.45, 2.75) is 26.4 Å². The predicted molar refractivity (Wildman–Crippen MR) is 113 cm³/mol. The zero-order valence-corrected chi connectivity index (χ0v) is 18.2. The van der Waals surface area contributed by atoms with Crippen LogP contribution in [0.15, 0.2) is 54.9 Å². The van der Waals surface area contributed by atoms with Crippen molar-refractivity contribution in [3.63, 3.8) is 0 Å². The van der Waals surface area contributed by atoms with Crippen LogP contribution in [-0.2, 0) is 6.18 Å². The molecule has 0 bridgehead atoms. The van der Waals surface area contributed by atoms with Gasteiger partial charge in [-0.15, -0.1) is 13.2 Å². The fraction of sp³-hybridized carbons (Fsp3) is 0.217. The number of halogens is 6. The fourth-order valence-corrected chi connectivity index (χ4v) is 3.94. The van der Waals surface area contributed by atoms with Gasteiger partial charge in [0.2, 0.25) is 0 Å². The van der Waals surface area contributed by atoms with Gasteiger partial charge in [0.05, 0.1) is 22.5 Å². The van der Waals surface area contributed by atoms with E-state index in [4.69, 9.17) is 0 Å². The van der Waals surface area contributed by atoms with Crippen LogP contribution < -0.4 is 19.3 Å². The van der Waals surface area contributed by atoms with E-state index in [0.717, 1.165) is 36.5 Å². The zero-order chi connectivity index (χ0) is 25.7. The van der Waals surface area contributed by atoms with E-state index in [9.17, 15) is 36.3 Å². The van der Waals surface area contributed by atoms with Crippen LogP contribution in [0.25, 0.3) is 0 Å². The molecule has 0 atom stereocenters. The van der Waals surface area contributed by atoms with Crippen LogP contribution in [0, 0.1) is 19.1 Å². The highest BCUT2D eigenvalue weighted by atomic mass is 19.4. The summed E-state index contributed by atoms with van der Waals surface area (Å²) < 4.78 is 82.5. The van der Waals surface area contributed by atoms with Crippen LogP contribution in [0.1, 0.15) is 27.0 Å². The maximum Gasteiger partial charge on any atom is 0.573 e. The first-order valence-corrected chi connectivity index (χ1v) is 10.1. The van der Waals surface area contributed by atoms with Crippen LogP contribution in [-0.4, -0.2) is 18.9 Å². The summed E-state index contributed by atoms with van der Waals surface area (Å²) in [7, 11) is 0. The van der Waals surface area contributed by atoms with E-state index in [1.165, 1.54) is 35.1 Å². The molecule has 1 aliphatic heterocycles. The molecule has 1 aliphatic rings. The Hall–Kier alpha value is -3.96. The number of rotatable bonds is 3. The molecule has 0 fully saturated rings. The Kier molecular flexibility index (Phi) is 5.78. The van der Waals surface area contributed by atoms with Gasteiger partial charge in [0, 0.05) is 17.3 Å². The average Bonchev–Trinajstić information content (AvgIpc) is 2.73. The summed E-state index contributed by atoms with van der Waals surface area (Å²) in [5.74, 6) is -1.18. The number of benzene rings is 2. The number of anilines is 3. The van der Waals surface area contributed by atoms with Gasteiger partial charge in [-0.1, -0.05) is 0 Å². The van der Waals surface area contributed by atoms with E-state index in [1.54, 1.807) is 6.92 Å². The van der Waals surface area contributed by atoms with Crippen molar-refractivity contribution < 1.29 is 40.6 Å². The predicted octanol–water partition coefficient (Wildman–Crippen LogP) is 5.61. The SMILES string of the molecule is Cc1c[n+]([O-])ccc1N1CN(c2ccc(OC(F)(F)F)cc2C)c2ccc(C(F)(F)F)cc2C1=O. The smallest absolute Gasteiger partial charge is 0.573 e. The Balaban J connectivity index is 1.86. The summed E-state index contributed by atoms with van der Waals surface area (Å²) in [5, 5.41) is 11.6. The first-order chi connectivity index (χ1) is 16.2. The summed E-state index contributed by atoms with van der Waals surface area (Å²) in [4.78, 5) is 16.0. The number of alkyl halides is 6. The maximum atomic E-state index is 13.4. The second-order valence-electron chi connectivity index (χ2n) is 7.90.